The smallest absolute Gasteiger partial charge is 0.229 e. The average Bonchev–Trinajstić information content (AvgIpc) is 2.74. The minimum absolute atomic E-state index is 0.0353. The van der Waals surface area contributed by atoms with Gasteiger partial charge < -0.3 is 4.90 Å². The molecule has 0 aromatic heterocycles. The molecular weight excluding hydrogens is 266 g/mol. The molecule has 0 aromatic carbocycles. The molecule has 0 unspecified atom stereocenters. The average molecular weight is 290 g/mol. The summed E-state index contributed by atoms with van der Waals surface area (Å²) < 4.78 is 0. The summed E-state index contributed by atoms with van der Waals surface area (Å²) in [5, 5.41) is 0.872. The van der Waals surface area contributed by atoms with Gasteiger partial charge in [0.2, 0.25) is 5.91 Å². The van der Waals surface area contributed by atoms with Crippen molar-refractivity contribution >= 4 is 21.8 Å². The normalized spacial score (nSPS) is 19.1. The Balaban J connectivity index is 2.79. The van der Waals surface area contributed by atoms with E-state index in [1.807, 2.05) is 4.90 Å². The van der Waals surface area contributed by atoms with Crippen LogP contribution in [0.3, 0.4) is 0 Å². The van der Waals surface area contributed by atoms with Gasteiger partial charge in [-0.15, -0.1) is 0 Å². The van der Waals surface area contributed by atoms with Crippen LogP contribution in [0, 0.1) is 5.41 Å². The first-order valence-corrected chi connectivity index (χ1v) is 7.56. The van der Waals surface area contributed by atoms with Gasteiger partial charge in [0, 0.05) is 23.3 Å². The summed E-state index contributed by atoms with van der Waals surface area (Å²) in [6.07, 6.45) is 5.62. The Labute approximate surface area is 108 Å². The fraction of sp³-hybridized carbons (Fsp3) is 0.923. The minimum Gasteiger partial charge on any atom is -0.339 e. The summed E-state index contributed by atoms with van der Waals surface area (Å²) in [7, 11) is 0. The number of rotatable bonds is 5. The summed E-state index contributed by atoms with van der Waals surface area (Å²) in [5.41, 5.74) is -0.0353. The van der Waals surface area contributed by atoms with Gasteiger partial charge in [0.1, 0.15) is 0 Å². The zero-order valence-electron chi connectivity index (χ0n) is 10.8. The Bertz CT molecular complexity index is 234. The van der Waals surface area contributed by atoms with E-state index in [0.29, 0.717) is 11.9 Å². The standard InChI is InChI=1S/C13H24BrNO/c1-4-13(7-5-6-8-13)12(16)15(10-9-14)11(2)3/h11H,4-10H2,1-3H3. The number of amides is 1. The molecule has 0 atom stereocenters. The van der Waals surface area contributed by atoms with Crippen LogP contribution in [0.2, 0.25) is 0 Å². The van der Waals surface area contributed by atoms with Crippen molar-refractivity contribution in [1.29, 1.82) is 0 Å². The molecule has 16 heavy (non-hydrogen) atoms. The van der Waals surface area contributed by atoms with Gasteiger partial charge in [0.05, 0.1) is 0 Å². The van der Waals surface area contributed by atoms with Crippen molar-refractivity contribution in [2.75, 3.05) is 11.9 Å². The van der Waals surface area contributed by atoms with Gasteiger partial charge >= 0.3 is 0 Å². The predicted molar refractivity (Wildman–Crippen MR) is 71.8 cm³/mol. The molecule has 1 aliphatic carbocycles. The third-order valence-corrected chi connectivity index (χ3v) is 4.26. The second-order valence-electron chi connectivity index (χ2n) is 5.12. The number of carbonyl (C=O) groups excluding carboxylic acids is 1. The second-order valence-corrected chi connectivity index (χ2v) is 5.92. The van der Waals surface area contributed by atoms with Crippen LogP contribution >= 0.6 is 15.9 Å². The Kier molecular flexibility index (Phi) is 5.29. The van der Waals surface area contributed by atoms with Gasteiger partial charge in [-0.05, 0) is 33.1 Å². The number of carbonyl (C=O) groups is 1. The molecule has 0 saturated heterocycles. The van der Waals surface area contributed by atoms with Gasteiger partial charge in [-0.25, -0.2) is 0 Å². The van der Waals surface area contributed by atoms with Crippen LogP contribution in [0.15, 0.2) is 0 Å². The minimum atomic E-state index is -0.0353. The Morgan fingerprint density at radius 2 is 1.94 bits per heavy atom. The first-order chi connectivity index (χ1) is 7.57. The Morgan fingerprint density at radius 1 is 1.38 bits per heavy atom. The van der Waals surface area contributed by atoms with Gasteiger partial charge in [-0.2, -0.15) is 0 Å². The van der Waals surface area contributed by atoms with E-state index in [9.17, 15) is 4.79 Å². The van der Waals surface area contributed by atoms with Crippen molar-refractivity contribution in [2.24, 2.45) is 5.41 Å². The highest BCUT2D eigenvalue weighted by molar-refractivity contribution is 9.09. The highest BCUT2D eigenvalue weighted by Crippen LogP contribution is 2.42. The van der Waals surface area contributed by atoms with E-state index in [1.54, 1.807) is 0 Å². The van der Waals surface area contributed by atoms with Crippen molar-refractivity contribution in [3.63, 3.8) is 0 Å². The number of alkyl halides is 1. The van der Waals surface area contributed by atoms with E-state index in [-0.39, 0.29) is 5.41 Å². The number of halogens is 1. The third-order valence-electron chi connectivity index (χ3n) is 3.90. The van der Waals surface area contributed by atoms with Crippen LogP contribution in [0.4, 0.5) is 0 Å². The van der Waals surface area contributed by atoms with Crippen LogP contribution in [-0.4, -0.2) is 28.7 Å². The summed E-state index contributed by atoms with van der Waals surface area (Å²) in [4.78, 5) is 14.7. The number of nitrogens with zero attached hydrogens (tertiary/aromatic N) is 1. The molecule has 0 aromatic rings. The molecule has 3 heteroatoms. The van der Waals surface area contributed by atoms with Crippen LogP contribution < -0.4 is 0 Å². The fourth-order valence-electron chi connectivity index (χ4n) is 2.76. The van der Waals surface area contributed by atoms with Gasteiger partial charge in [0.15, 0.2) is 0 Å². The highest BCUT2D eigenvalue weighted by Gasteiger charge is 2.42. The molecular formula is C13H24BrNO. The zero-order chi connectivity index (χ0) is 12.2. The molecule has 94 valence electrons. The maximum absolute atomic E-state index is 12.6. The number of hydrogen-bond donors (Lipinski definition) is 0. The van der Waals surface area contributed by atoms with Crippen LogP contribution in [0.5, 0.6) is 0 Å². The molecule has 0 bridgehead atoms. The number of hydrogen-bond acceptors (Lipinski definition) is 1. The van der Waals surface area contributed by atoms with Crippen molar-refractivity contribution in [2.45, 2.75) is 58.9 Å². The van der Waals surface area contributed by atoms with E-state index >= 15 is 0 Å². The molecule has 1 amide bonds. The second kappa shape index (κ2) is 6.04. The fourth-order valence-corrected chi connectivity index (χ4v) is 3.14. The maximum Gasteiger partial charge on any atom is 0.229 e. The molecule has 2 nitrogen and oxygen atoms in total. The van der Waals surface area contributed by atoms with Crippen molar-refractivity contribution < 1.29 is 4.79 Å². The van der Waals surface area contributed by atoms with Gasteiger partial charge in [0.25, 0.3) is 0 Å². The topological polar surface area (TPSA) is 20.3 Å². The molecule has 0 spiro atoms. The Morgan fingerprint density at radius 3 is 2.31 bits per heavy atom. The lowest BCUT2D eigenvalue weighted by Gasteiger charge is -2.36. The van der Waals surface area contributed by atoms with Crippen molar-refractivity contribution in [3.05, 3.63) is 0 Å². The lowest BCUT2D eigenvalue weighted by molar-refractivity contribution is -0.143. The summed E-state index contributed by atoms with van der Waals surface area (Å²) in [6, 6.07) is 0.314. The Hall–Kier alpha value is -0.0500. The third kappa shape index (κ3) is 2.79. The van der Waals surface area contributed by atoms with E-state index in [1.165, 1.54) is 12.8 Å². The molecule has 1 fully saturated rings. The molecule has 0 N–H and O–H groups in total. The summed E-state index contributed by atoms with van der Waals surface area (Å²) in [5.74, 6) is 0.391. The van der Waals surface area contributed by atoms with E-state index in [0.717, 1.165) is 31.1 Å². The van der Waals surface area contributed by atoms with Crippen LogP contribution in [-0.2, 0) is 4.79 Å². The molecule has 1 rings (SSSR count). The first-order valence-electron chi connectivity index (χ1n) is 6.44. The van der Waals surface area contributed by atoms with E-state index in [4.69, 9.17) is 0 Å². The van der Waals surface area contributed by atoms with Crippen molar-refractivity contribution in [3.8, 4) is 0 Å². The largest absolute Gasteiger partial charge is 0.339 e. The van der Waals surface area contributed by atoms with Crippen LogP contribution in [0.1, 0.15) is 52.9 Å². The van der Waals surface area contributed by atoms with Crippen molar-refractivity contribution in [1.82, 2.24) is 4.90 Å². The molecule has 1 saturated carbocycles. The lowest BCUT2D eigenvalue weighted by Crippen LogP contribution is -2.46. The quantitative estimate of drug-likeness (QED) is 0.709. The van der Waals surface area contributed by atoms with E-state index < -0.39 is 0 Å². The predicted octanol–water partition coefficient (Wildman–Crippen LogP) is 3.59. The summed E-state index contributed by atoms with van der Waals surface area (Å²) >= 11 is 3.44. The molecule has 0 heterocycles. The SMILES string of the molecule is CCC1(C(=O)N(CCBr)C(C)C)CCCC1. The molecule has 0 radical (unpaired) electrons. The van der Waals surface area contributed by atoms with Crippen LogP contribution in [0.25, 0.3) is 0 Å². The summed E-state index contributed by atoms with van der Waals surface area (Å²) in [6.45, 7) is 7.21. The molecule has 0 aliphatic heterocycles. The van der Waals surface area contributed by atoms with E-state index in [2.05, 4.69) is 36.7 Å². The monoisotopic (exact) mass is 289 g/mol. The first kappa shape index (κ1) is 14.0. The lowest BCUT2D eigenvalue weighted by atomic mass is 9.81. The highest BCUT2D eigenvalue weighted by atomic mass is 79.9. The van der Waals surface area contributed by atoms with Gasteiger partial charge in [-0.3, -0.25) is 4.79 Å². The molecule has 1 aliphatic rings. The van der Waals surface area contributed by atoms with Gasteiger partial charge in [-0.1, -0.05) is 35.7 Å². The maximum atomic E-state index is 12.6. The zero-order valence-corrected chi connectivity index (χ0v) is 12.3.